The third-order valence-corrected chi connectivity index (χ3v) is 5.33. The van der Waals surface area contributed by atoms with E-state index in [4.69, 9.17) is 0 Å². The van der Waals surface area contributed by atoms with Gasteiger partial charge in [0, 0.05) is 6.04 Å². The molecule has 1 aromatic heterocycles. The fourth-order valence-electron chi connectivity index (χ4n) is 3.21. The van der Waals surface area contributed by atoms with Crippen LogP contribution in [0.4, 0.5) is 18.0 Å². The molecule has 2 heterocycles. The topological polar surface area (TPSA) is 78.5 Å². The highest BCUT2D eigenvalue weighted by atomic mass is 32.1. The van der Waals surface area contributed by atoms with Gasteiger partial charge >= 0.3 is 12.2 Å². The number of thiophene rings is 1. The van der Waals surface area contributed by atoms with Crippen molar-refractivity contribution in [1.29, 1.82) is 0 Å². The van der Waals surface area contributed by atoms with E-state index in [9.17, 15) is 27.6 Å². The lowest BCUT2D eigenvalue weighted by Gasteiger charge is -2.32. The Labute approximate surface area is 145 Å². The summed E-state index contributed by atoms with van der Waals surface area (Å²) in [5.41, 5.74) is -3.43. The smallest absolute Gasteiger partial charge is 0.313 e. The lowest BCUT2D eigenvalue weighted by atomic mass is 9.94. The minimum Gasteiger partial charge on any atom is -0.313 e. The molecule has 1 saturated heterocycles. The third kappa shape index (κ3) is 2.99. The average Bonchev–Trinajstić information content (AvgIpc) is 3.16. The number of halogens is 3. The SMILES string of the molecule is O=C(N[C@]1(C(F)(F)F)NC(=O)N(C2CCCCC2)C1=O)c1cccs1. The van der Waals surface area contributed by atoms with Crippen molar-refractivity contribution in [3.8, 4) is 0 Å². The summed E-state index contributed by atoms with van der Waals surface area (Å²) in [5.74, 6) is -2.53. The molecule has 0 aromatic carbocycles. The summed E-state index contributed by atoms with van der Waals surface area (Å²) in [4.78, 5) is 37.5. The minimum absolute atomic E-state index is 0.0155. The predicted octanol–water partition coefficient (Wildman–Crippen LogP) is 2.62. The molecule has 3 rings (SSSR count). The number of nitrogens with zero attached hydrogens (tertiary/aromatic N) is 1. The number of carbonyl (C=O) groups excluding carboxylic acids is 3. The van der Waals surface area contributed by atoms with E-state index in [-0.39, 0.29) is 4.88 Å². The molecule has 1 saturated carbocycles. The summed E-state index contributed by atoms with van der Waals surface area (Å²) >= 11 is 0.938. The molecule has 136 valence electrons. The normalized spacial score (nSPS) is 25.2. The van der Waals surface area contributed by atoms with Gasteiger partial charge in [0.2, 0.25) is 0 Å². The lowest BCUT2D eigenvalue weighted by molar-refractivity contribution is -0.200. The molecular weight excluding hydrogens is 359 g/mol. The number of urea groups is 1. The fraction of sp³-hybridized carbons (Fsp3) is 0.533. The first-order valence-corrected chi connectivity index (χ1v) is 8.73. The molecule has 0 spiro atoms. The number of carbonyl (C=O) groups is 3. The monoisotopic (exact) mass is 375 g/mol. The minimum atomic E-state index is -5.17. The molecular formula is C15H16F3N3O3S. The van der Waals surface area contributed by atoms with Crippen LogP contribution < -0.4 is 10.6 Å². The number of nitrogens with one attached hydrogen (secondary N) is 2. The van der Waals surface area contributed by atoms with Gasteiger partial charge in [0.1, 0.15) is 0 Å². The van der Waals surface area contributed by atoms with Crippen LogP contribution in [0.1, 0.15) is 41.8 Å². The van der Waals surface area contributed by atoms with Crippen LogP contribution in [0.5, 0.6) is 0 Å². The number of amides is 4. The maximum Gasteiger partial charge on any atom is 0.440 e. The second-order valence-electron chi connectivity index (χ2n) is 6.08. The Morgan fingerprint density at radius 2 is 1.96 bits per heavy atom. The van der Waals surface area contributed by atoms with Crippen molar-refractivity contribution in [1.82, 2.24) is 15.5 Å². The first-order valence-electron chi connectivity index (χ1n) is 7.85. The molecule has 6 nitrogen and oxygen atoms in total. The fourth-order valence-corrected chi connectivity index (χ4v) is 3.82. The average molecular weight is 375 g/mol. The van der Waals surface area contributed by atoms with Gasteiger partial charge in [-0.25, -0.2) is 4.79 Å². The van der Waals surface area contributed by atoms with Crippen molar-refractivity contribution in [2.75, 3.05) is 0 Å². The van der Waals surface area contributed by atoms with E-state index in [1.165, 1.54) is 17.5 Å². The third-order valence-electron chi connectivity index (χ3n) is 4.46. The summed E-state index contributed by atoms with van der Waals surface area (Å²) < 4.78 is 41.1. The molecule has 1 aromatic rings. The van der Waals surface area contributed by atoms with Gasteiger partial charge in [0.25, 0.3) is 17.5 Å². The molecule has 0 bridgehead atoms. The van der Waals surface area contributed by atoms with Crippen LogP contribution in [-0.2, 0) is 4.79 Å². The number of hydrogen-bond acceptors (Lipinski definition) is 4. The van der Waals surface area contributed by atoms with E-state index in [1.54, 1.807) is 10.6 Å². The molecule has 0 radical (unpaired) electrons. The van der Waals surface area contributed by atoms with E-state index in [0.29, 0.717) is 17.7 Å². The molecule has 0 unspecified atom stereocenters. The number of alkyl halides is 3. The van der Waals surface area contributed by atoms with Gasteiger partial charge in [0.05, 0.1) is 4.88 Å². The van der Waals surface area contributed by atoms with Crippen molar-refractivity contribution >= 4 is 29.2 Å². The van der Waals surface area contributed by atoms with Gasteiger partial charge < -0.3 is 5.32 Å². The Morgan fingerprint density at radius 3 is 2.52 bits per heavy atom. The van der Waals surface area contributed by atoms with Crippen molar-refractivity contribution in [3.63, 3.8) is 0 Å². The second kappa shape index (κ2) is 6.32. The number of rotatable bonds is 3. The zero-order valence-electron chi connectivity index (χ0n) is 13.1. The van der Waals surface area contributed by atoms with E-state index < -0.39 is 35.7 Å². The summed E-state index contributed by atoms with van der Waals surface area (Å²) in [6.45, 7) is 0. The Hall–Kier alpha value is -2.10. The summed E-state index contributed by atoms with van der Waals surface area (Å²) in [6.07, 6.45) is -1.85. The number of hydrogen-bond donors (Lipinski definition) is 2. The van der Waals surface area contributed by atoms with E-state index in [1.807, 2.05) is 0 Å². The van der Waals surface area contributed by atoms with Crippen LogP contribution in [0, 0.1) is 0 Å². The summed E-state index contributed by atoms with van der Waals surface area (Å²) in [6, 6.07) is 1.14. The van der Waals surface area contributed by atoms with Gasteiger partial charge in [-0.1, -0.05) is 25.3 Å². The highest BCUT2D eigenvalue weighted by Gasteiger charge is 2.69. The van der Waals surface area contributed by atoms with E-state index in [2.05, 4.69) is 0 Å². The first kappa shape index (κ1) is 17.7. The van der Waals surface area contributed by atoms with Crippen LogP contribution in [0.2, 0.25) is 0 Å². The Balaban J connectivity index is 1.92. The maximum absolute atomic E-state index is 13.7. The molecule has 1 aliphatic heterocycles. The van der Waals surface area contributed by atoms with Crippen LogP contribution in [0.25, 0.3) is 0 Å². The summed E-state index contributed by atoms with van der Waals surface area (Å²) in [7, 11) is 0. The van der Waals surface area contributed by atoms with Crippen molar-refractivity contribution in [2.45, 2.75) is 50.0 Å². The second-order valence-corrected chi connectivity index (χ2v) is 7.02. The quantitative estimate of drug-likeness (QED) is 0.798. The van der Waals surface area contributed by atoms with Crippen LogP contribution in [0.15, 0.2) is 17.5 Å². The van der Waals surface area contributed by atoms with Gasteiger partial charge in [-0.15, -0.1) is 11.3 Å². The summed E-state index contributed by atoms with van der Waals surface area (Å²) in [5, 5.41) is 4.92. The van der Waals surface area contributed by atoms with Gasteiger partial charge in [-0.05, 0) is 24.3 Å². The zero-order chi connectivity index (χ0) is 18.2. The molecule has 2 N–H and O–H groups in total. The standard InChI is InChI=1S/C15H16F3N3O3S/c16-15(17,18)14(19-11(22)10-7-4-8-25-10)12(23)21(13(24)20-14)9-5-2-1-3-6-9/h4,7-9H,1-3,5-6H2,(H,19,22)(H,20,24)/t14-/m0/s1. The molecule has 25 heavy (non-hydrogen) atoms. The van der Waals surface area contributed by atoms with Crippen molar-refractivity contribution in [2.24, 2.45) is 0 Å². The highest BCUT2D eigenvalue weighted by Crippen LogP contribution is 2.37. The predicted molar refractivity (Wildman–Crippen MR) is 82.8 cm³/mol. The largest absolute Gasteiger partial charge is 0.440 e. The molecule has 2 aliphatic rings. The Morgan fingerprint density at radius 1 is 1.28 bits per heavy atom. The van der Waals surface area contributed by atoms with Crippen LogP contribution in [-0.4, -0.2) is 40.6 Å². The molecule has 1 atom stereocenters. The van der Waals surface area contributed by atoms with Gasteiger partial charge in [-0.2, -0.15) is 13.2 Å². The molecule has 10 heteroatoms. The van der Waals surface area contributed by atoms with Crippen molar-refractivity contribution in [3.05, 3.63) is 22.4 Å². The molecule has 4 amide bonds. The van der Waals surface area contributed by atoms with Crippen LogP contribution in [0.3, 0.4) is 0 Å². The Kier molecular flexibility index (Phi) is 4.48. The van der Waals surface area contributed by atoms with E-state index in [0.717, 1.165) is 30.6 Å². The molecule has 1 aliphatic carbocycles. The van der Waals surface area contributed by atoms with Gasteiger partial charge in [-0.3, -0.25) is 19.8 Å². The zero-order valence-corrected chi connectivity index (χ0v) is 13.9. The number of imide groups is 1. The highest BCUT2D eigenvalue weighted by molar-refractivity contribution is 7.12. The molecule has 2 fully saturated rings. The Bertz CT molecular complexity index is 686. The maximum atomic E-state index is 13.7. The van der Waals surface area contributed by atoms with Crippen LogP contribution >= 0.6 is 11.3 Å². The van der Waals surface area contributed by atoms with Gasteiger partial charge in [0.15, 0.2) is 0 Å². The van der Waals surface area contributed by atoms with E-state index >= 15 is 0 Å². The first-order chi connectivity index (χ1) is 11.8. The lowest BCUT2D eigenvalue weighted by Crippen LogP contribution is -2.69. The van der Waals surface area contributed by atoms with Crippen molar-refractivity contribution < 1.29 is 27.6 Å².